The van der Waals surface area contributed by atoms with Gasteiger partial charge in [-0.3, -0.25) is 14.5 Å². The molecule has 0 bridgehead atoms. The van der Waals surface area contributed by atoms with Gasteiger partial charge < -0.3 is 5.11 Å². The van der Waals surface area contributed by atoms with Gasteiger partial charge in [-0.05, 0) is 25.0 Å². The number of carbonyl (C=O) groups excluding carboxylic acids is 1. The molecule has 1 amide bonds. The molecule has 104 valence electrons. The highest BCUT2D eigenvalue weighted by atomic mass is 16.4. The molecule has 0 aromatic carbocycles. The van der Waals surface area contributed by atoms with Gasteiger partial charge in [0, 0.05) is 19.7 Å². The molecule has 19 heavy (non-hydrogen) atoms. The normalized spacial score (nSPS) is 13.9. The number of aliphatic carboxylic acids is 1. The first-order valence-corrected chi connectivity index (χ1v) is 6.20. The first kappa shape index (κ1) is 15.1. The van der Waals surface area contributed by atoms with Crippen molar-refractivity contribution in [2.75, 3.05) is 11.9 Å². The lowest BCUT2D eigenvalue weighted by atomic mass is 9.76. The predicted molar refractivity (Wildman–Crippen MR) is 72.8 cm³/mol. The van der Waals surface area contributed by atoms with Gasteiger partial charge in [-0.25, -0.2) is 4.98 Å². The number of aromatic nitrogens is 1. The third kappa shape index (κ3) is 3.30. The fourth-order valence-electron chi connectivity index (χ4n) is 1.64. The van der Waals surface area contributed by atoms with Crippen molar-refractivity contribution in [3.63, 3.8) is 0 Å². The maximum absolute atomic E-state index is 12.2. The van der Waals surface area contributed by atoms with Crippen LogP contribution < -0.4 is 4.90 Å². The van der Waals surface area contributed by atoms with Crippen molar-refractivity contribution in [3.8, 4) is 0 Å². The molecule has 0 aliphatic rings. The molecule has 1 heterocycles. The van der Waals surface area contributed by atoms with E-state index in [2.05, 4.69) is 4.98 Å². The molecule has 0 fully saturated rings. The van der Waals surface area contributed by atoms with Crippen LogP contribution in [0.4, 0.5) is 5.82 Å². The highest BCUT2D eigenvalue weighted by Gasteiger charge is 2.39. The summed E-state index contributed by atoms with van der Waals surface area (Å²) in [7, 11) is 1.60. The van der Waals surface area contributed by atoms with E-state index in [1.807, 2.05) is 13.8 Å². The Labute approximate surface area is 113 Å². The molecule has 0 spiro atoms. The summed E-state index contributed by atoms with van der Waals surface area (Å²) in [6, 6.07) is 5.26. The molecule has 1 aromatic heterocycles. The Bertz CT molecular complexity index is 459. The fourth-order valence-corrected chi connectivity index (χ4v) is 1.64. The quantitative estimate of drug-likeness (QED) is 0.885. The van der Waals surface area contributed by atoms with Gasteiger partial charge in [-0.2, -0.15) is 0 Å². The van der Waals surface area contributed by atoms with Gasteiger partial charge in [-0.15, -0.1) is 0 Å². The number of rotatable bonds is 5. The lowest BCUT2D eigenvalue weighted by molar-refractivity contribution is -0.153. The molecule has 5 nitrogen and oxygen atoms in total. The highest BCUT2D eigenvalue weighted by molar-refractivity contribution is 5.95. The van der Waals surface area contributed by atoms with E-state index in [4.69, 9.17) is 0 Å². The van der Waals surface area contributed by atoms with Crippen LogP contribution in [0.2, 0.25) is 0 Å². The van der Waals surface area contributed by atoms with Crippen molar-refractivity contribution in [2.24, 2.45) is 11.3 Å². The van der Waals surface area contributed by atoms with E-state index in [1.54, 1.807) is 38.4 Å². The van der Waals surface area contributed by atoms with Gasteiger partial charge >= 0.3 is 5.97 Å². The maximum Gasteiger partial charge on any atom is 0.310 e. The molecule has 1 unspecified atom stereocenters. The van der Waals surface area contributed by atoms with Gasteiger partial charge in [0.2, 0.25) is 5.91 Å². The minimum absolute atomic E-state index is 0.0485. The molecule has 1 atom stereocenters. The summed E-state index contributed by atoms with van der Waals surface area (Å²) in [5, 5.41) is 9.32. The van der Waals surface area contributed by atoms with E-state index in [0.29, 0.717) is 5.82 Å². The van der Waals surface area contributed by atoms with Crippen LogP contribution in [0, 0.1) is 11.3 Å². The maximum atomic E-state index is 12.2. The number of hydrogen-bond acceptors (Lipinski definition) is 3. The molecule has 1 rings (SSSR count). The van der Waals surface area contributed by atoms with Gasteiger partial charge in [0.25, 0.3) is 0 Å². The fraction of sp³-hybridized carbons (Fsp3) is 0.500. The van der Waals surface area contributed by atoms with Crippen molar-refractivity contribution in [1.82, 2.24) is 4.98 Å². The Hall–Kier alpha value is -1.91. The Morgan fingerprint density at radius 1 is 1.42 bits per heavy atom. The largest absolute Gasteiger partial charge is 0.481 e. The van der Waals surface area contributed by atoms with E-state index >= 15 is 0 Å². The molecule has 5 heteroatoms. The molecule has 0 saturated heterocycles. The number of nitrogens with zero attached hydrogens (tertiary/aromatic N) is 2. The zero-order chi connectivity index (χ0) is 14.6. The van der Waals surface area contributed by atoms with Crippen molar-refractivity contribution >= 4 is 17.7 Å². The van der Waals surface area contributed by atoms with Crippen LogP contribution in [0.25, 0.3) is 0 Å². The second-order valence-electron chi connectivity index (χ2n) is 5.19. The van der Waals surface area contributed by atoms with Gasteiger partial charge in [0.1, 0.15) is 5.82 Å². The molecule has 0 aliphatic carbocycles. The summed E-state index contributed by atoms with van der Waals surface area (Å²) < 4.78 is 0. The summed E-state index contributed by atoms with van der Waals surface area (Å²) in [5.41, 5.74) is -1.07. The molecule has 1 N–H and O–H groups in total. The summed E-state index contributed by atoms with van der Waals surface area (Å²) >= 11 is 0. The minimum atomic E-state index is -1.07. The number of carboxylic acids is 1. The van der Waals surface area contributed by atoms with E-state index in [9.17, 15) is 14.7 Å². The molecule has 0 radical (unpaired) electrons. The summed E-state index contributed by atoms with van der Waals surface area (Å²) in [6.45, 7) is 5.22. The number of carboxylic acid groups (broad SMARTS) is 1. The van der Waals surface area contributed by atoms with Crippen LogP contribution >= 0.6 is 0 Å². The van der Waals surface area contributed by atoms with Crippen molar-refractivity contribution in [1.29, 1.82) is 0 Å². The Morgan fingerprint density at radius 2 is 2.05 bits per heavy atom. The average molecular weight is 264 g/mol. The standard InChI is InChI=1S/C14H20N2O3/c1-10(2)14(3,13(18)19)9-12(17)16(4)11-7-5-6-8-15-11/h5-8,10H,9H2,1-4H3,(H,18,19). The molecular formula is C14H20N2O3. The highest BCUT2D eigenvalue weighted by Crippen LogP contribution is 2.32. The summed E-state index contributed by atoms with van der Waals surface area (Å²) in [6.07, 6.45) is 1.55. The van der Waals surface area contributed by atoms with Gasteiger partial charge in [-0.1, -0.05) is 19.9 Å². The third-order valence-electron chi connectivity index (χ3n) is 3.65. The van der Waals surface area contributed by atoms with Gasteiger partial charge in [0.05, 0.1) is 5.41 Å². The lowest BCUT2D eigenvalue weighted by Crippen LogP contribution is -2.40. The average Bonchev–Trinajstić information content (AvgIpc) is 2.38. The number of amides is 1. The second kappa shape index (κ2) is 5.82. The Kier molecular flexibility index (Phi) is 4.64. The number of pyridine rings is 1. The summed E-state index contributed by atoms with van der Waals surface area (Å²) in [5.74, 6) is -0.822. The molecule has 0 aliphatic heterocycles. The van der Waals surface area contributed by atoms with E-state index < -0.39 is 11.4 Å². The monoisotopic (exact) mass is 264 g/mol. The minimum Gasteiger partial charge on any atom is -0.481 e. The van der Waals surface area contributed by atoms with E-state index in [1.165, 1.54) is 4.90 Å². The predicted octanol–water partition coefficient (Wildman–Crippen LogP) is 2.18. The van der Waals surface area contributed by atoms with Crippen LogP contribution in [0.1, 0.15) is 27.2 Å². The topological polar surface area (TPSA) is 70.5 Å². The first-order valence-electron chi connectivity index (χ1n) is 6.20. The van der Waals surface area contributed by atoms with E-state index in [0.717, 1.165) is 0 Å². The Balaban J connectivity index is 2.87. The molecular weight excluding hydrogens is 244 g/mol. The zero-order valence-corrected chi connectivity index (χ0v) is 11.8. The number of carbonyl (C=O) groups is 2. The van der Waals surface area contributed by atoms with Crippen molar-refractivity contribution in [2.45, 2.75) is 27.2 Å². The van der Waals surface area contributed by atoms with E-state index in [-0.39, 0.29) is 18.2 Å². The number of anilines is 1. The van der Waals surface area contributed by atoms with Crippen molar-refractivity contribution in [3.05, 3.63) is 24.4 Å². The smallest absolute Gasteiger partial charge is 0.310 e. The SMILES string of the molecule is CC(C)C(C)(CC(=O)N(C)c1ccccn1)C(=O)O. The lowest BCUT2D eigenvalue weighted by Gasteiger charge is -2.30. The van der Waals surface area contributed by atoms with Crippen LogP contribution in [0.15, 0.2) is 24.4 Å². The van der Waals surface area contributed by atoms with Gasteiger partial charge in [0.15, 0.2) is 0 Å². The summed E-state index contributed by atoms with van der Waals surface area (Å²) in [4.78, 5) is 29.0. The van der Waals surface area contributed by atoms with Crippen LogP contribution in [-0.4, -0.2) is 29.0 Å². The molecule has 0 saturated carbocycles. The Morgan fingerprint density at radius 3 is 2.47 bits per heavy atom. The van der Waals surface area contributed by atoms with Crippen molar-refractivity contribution < 1.29 is 14.7 Å². The van der Waals surface area contributed by atoms with Crippen LogP contribution in [-0.2, 0) is 9.59 Å². The third-order valence-corrected chi connectivity index (χ3v) is 3.65. The number of hydrogen-bond donors (Lipinski definition) is 1. The zero-order valence-electron chi connectivity index (χ0n) is 11.8. The first-order chi connectivity index (χ1) is 8.79. The van der Waals surface area contributed by atoms with Crippen LogP contribution in [0.3, 0.4) is 0 Å². The second-order valence-corrected chi connectivity index (χ2v) is 5.19. The molecule has 1 aromatic rings. The van der Waals surface area contributed by atoms with Crippen LogP contribution in [0.5, 0.6) is 0 Å².